The third kappa shape index (κ3) is 2.44. The van der Waals surface area contributed by atoms with Crippen LogP contribution in [-0.4, -0.2) is 14.7 Å². The average molecular weight is 269 g/mol. The van der Waals surface area contributed by atoms with Crippen molar-refractivity contribution in [2.45, 2.75) is 19.6 Å². The quantitative estimate of drug-likeness (QED) is 0.839. The molecule has 2 rings (SSSR count). The van der Waals surface area contributed by atoms with Crippen LogP contribution in [0.25, 0.3) is 0 Å². The minimum Gasteiger partial charge on any atom is -0.390 e. The van der Waals surface area contributed by atoms with Crippen LogP contribution in [0.15, 0.2) is 30.5 Å². The lowest BCUT2D eigenvalue weighted by atomic mass is 10.1. The number of aromatic amines is 1. The van der Waals surface area contributed by atoms with Gasteiger partial charge in [0.1, 0.15) is 0 Å². The van der Waals surface area contributed by atoms with E-state index in [0.717, 1.165) is 11.3 Å². The molecule has 0 aliphatic carbocycles. The zero-order valence-electron chi connectivity index (χ0n) is 9.35. The number of hydrogen-bond acceptors (Lipinski definition) is 2. The van der Waals surface area contributed by atoms with Crippen LogP contribution < -0.4 is 0 Å². The summed E-state index contributed by atoms with van der Waals surface area (Å²) in [5.41, 5.74) is 1.87. The maximum Gasteiger partial charge on any atom is 0.177 e. The van der Waals surface area contributed by atoms with E-state index in [-0.39, 0.29) is 12.6 Å². The zero-order chi connectivity index (χ0) is 12.4. The summed E-state index contributed by atoms with van der Waals surface area (Å²) in [6.07, 6.45) is 1.73. The Balaban J connectivity index is 2.43. The van der Waals surface area contributed by atoms with Crippen molar-refractivity contribution in [3.05, 3.63) is 51.5 Å². The molecule has 1 aromatic carbocycles. The number of aromatic nitrogens is 2. The molecular formula is C12H13ClN2OS. The van der Waals surface area contributed by atoms with Crippen molar-refractivity contribution in [2.75, 3.05) is 0 Å². The summed E-state index contributed by atoms with van der Waals surface area (Å²) < 4.78 is 2.51. The lowest BCUT2D eigenvalue weighted by Crippen LogP contribution is -2.10. The van der Waals surface area contributed by atoms with E-state index in [4.69, 9.17) is 23.8 Å². The first-order valence-electron chi connectivity index (χ1n) is 5.28. The molecule has 0 saturated carbocycles. The van der Waals surface area contributed by atoms with Crippen LogP contribution in [0, 0.1) is 4.77 Å². The largest absolute Gasteiger partial charge is 0.390 e. The van der Waals surface area contributed by atoms with E-state index in [1.807, 2.05) is 35.8 Å². The SMILES string of the molecule is C[C@H](c1ccc(Cl)cc1)n1c(CO)c[nH]c1=S. The highest BCUT2D eigenvalue weighted by Crippen LogP contribution is 2.22. The van der Waals surface area contributed by atoms with Gasteiger partial charge in [-0.05, 0) is 36.8 Å². The first kappa shape index (κ1) is 12.4. The Hall–Kier alpha value is -1.10. The Bertz CT molecular complexity index is 559. The molecule has 2 N–H and O–H groups in total. The predicted molar refractivity (Wildman–Crippen MR) is 70.8 cm³/mol. The summed E-state index contributed by atoms with van der Waals surface area (Å²) >= 11 is 11.1. The molecule has 3 nitrogen and oxygen atoms in total. The van der Waals surface area contributed by atoms with Gasteiger partial charge in [0, 0.05) is 11.2 Å². The second-order valence-electron chi connectivity index (χ2n) is 3.84. The fourth-order valence-electron chi connectivity index (χ4n) is 1.85. The molecule has 0 spiro atoms. The second kappa shape index (κ2) is 5.04. The van der Waals surface area contributed by atoms with Gasteiger partial charge in [-0.3, -0.25) is 0 Å². The fourth-order valence-corrected chi connectivity index (χ4v) is 2.31. The van der Waals surface area contributed by atoms with Crippen LogP contribution in [0.1, 0.15) is 24.2 Å². The number of aliphatic hydroxyl groups is 1. The molecule has 0 aliphatic heterocycles. The van der Waals surface area contributed by atoms with E-state index < -0.39 is 0 Å². The molecule has 0 saturated heterocycles. The minimum atomic E-state index is -0.0366. The fraction of sp³-hybridized carbons (Fsp3) is 0.250. The molecule has 0 aliphatic rings. The van der Waals surface area contributed by atoms with Gasteiger partial charge in [0.2, 0.25) is 0 Å². The van der Waals surface area contributed by atoms with E-state index in [9.17, 15) is 5.11 Å². The van der Waals surface area contributed by atoms with Crippen molar-refractivity contribution >= 4 is 23.8 Å². The maximum atomic E-state index is 9.26. The maximum absolute atomic E-state index is 9.26. The minimum absolute atomic E-state index is 0.0366. The molecule has 17 heavy (non-hydrogen) atoms. The van der Waals surface area contributed by atoms with Crippen molar-refractivity contribution in [1.29, 1.82) is 0 Å². The Morgan fingerprint density at radius 1 is 1.41 bits per heavy atom. The molecule has 0 amide bonds. The molecule has 1 heterocycles. The van der Waals surface area contributed by atoms with Crippen LogP contribution in [0.3, 0.4) is 0 Å². The zero-order valence-corrected chi connectivity index (χ0v) is 10.9. The highest BCUT2D eigenvalue weighted by atomic mass is 35.5. The summed E-state index contributed by atoms with van der Waals surface area (Å²) in [6, 6.07) is 7.68. The van der Waals surface area contributed by atoms with Gasteiger partial charge in [0.05, 0.1) is 18.3 Å². The van der Waals surface area contributed by atoms with Crippen molar-refractivity contribution < 1.29 is 5.11 Å². The molecular weight excluding hydrogens is 256 g/mol. The molecule has 90 valence electrons. The molecule has 1 aromatic heterocycles. The predicted octanol–water partition coefficient (Wildman–Crippen LogP) is 3.30. The monoisotopic (exact) mass is 268 g/mol. The lowest BCUT2D eigenvalue weighted by molar-refractivity contribution is 0.269. The van der Waals surface area contributed by atoms with Crippen LogP contribution in [0.4, 0.5) is 0 Å². The molecule has 0 bridgehead atoms. The summed E-state index contributed by atoms with van der Waals surface area (Å²) in [7, 11) is 0. The normalized spacial score (nSPS) is 12.6. The van der Waals surface area contributed by atoms with Gasteiger partial charge in [-0.15, -0.1) is 0 Å². The van der Waals surface area contributed by atoms with Crippen LogP contribution in [0.2, 0.25) is 5.02 Å². The first-order valence-corrected chi connectivity index (χ1v) is 6.07. The van der Waals surface area contributed by atoms with Crippen molar-refractivity contribution in [2.24, 2.45) is 0 Å². The van der Waals surface area contributed by atoms with Crippen molar-refractivity contribution in [3.63, 3.8) is 0 Å². The third-order valence-corrected chi connectivity index (χ3v) is 3.36. The van der Waals surface area contributed by atoms with E-state index in [2.05, 4.69) is 4.98 Å². The Labute approximate surface area is 110 Å². The number of aliphatic hydroxyl groups excluding tert-OH is 1. The lowest BCUT2D eigenvalue weighted by Gasteiger charge is -2.16. The second-order valence-corrected chi connectivity index (χ2v) is 4.66. The smallest absolute Gasteiger partial charge is 0.177 e. The van der Waals surface area contributed by atoms with E-state index in [1.165, 1.54) is 0 Å². The average Bonchev–Trinajstić information content (AvgIpc) is 2.70. The summed E-state index contributed by atoms with van der Waals surface area (Å²) in [5, 5.41) is 9.97. The first-order chi connectivity index (χ1) is 8.13. The number of hydrogen-bond donors (Lipinski definition) is 2. The summed E-state index contributed by atoms with van der Waals surface area (Å²) in [5.74, 6) is 0. The van der Waals surface area contributed by atoms with Gasteiger partial charge in [-0.25, -0.2) is 0 Å². The number of halogens is 1. The summed E-state index contributed by atoms with van der Waals surface area (Å²) in [6.45, 7) is 2.00. The number of rotatable bonds is 3. The van der Waals surface area contributed by atoms with Crippen LogP contribution in [0.5, 0.6) is 0 Å². The third-order valence-electron chi connectivity index (χ3n) is 2.79. The van der Waals surface area contributed by atoms with Gasteiger partial charge < -0.3 is 14.7 Å². The molecule has 0 radical (unpaired) electrons. The molecule has 0 unspecified atom stereocenters. The van der Waals surface area contributed by atoms with Crippen molar-refractivity contribution in [1.82, 2.24) is 9.55 Å². The van der Waals surface area contributed by atoms with Crippen LogP contribution in [-0.2, 0) is 6.61 Å². The number of nitrogens with one attached hydrogen (secondary N) is 1. The van der Waals surface area contributed by atoms with E-state index in [1.54, 1.807) is 6.20 Å². The molecule has 1 atom stereocenters. The number of imidazole rings is 1. The topological polar surface area (TPSA) is 41.0 Å². The van der Waals surface area contributed by atoms with Gasteiger partial charge >= 0.3 is 0 Å². The molecule has 0 fully saturated rings. The standard InChI is InChI=1S/C12H13ClN2OS/c1-8(9-2-4-10(13)5-3-9)15-11(7-16)6-14-12(15)17/h2-6,8,16H,7H2,1H3,(H,14,17)/t8-/m1/s1. The van der Waals surface area contributed by atoms with E-state index >= 15 is 0 Å². The number of nitrogens with zero attached hydrogens (tertiary/aromatic N) is 1. The summed E-state index contributed by atoms with van der Waals surface area (Å²) in [4.78, 5) is 2.94. The Morgan fingerprint density at radius 2 is 2.06 bits per heavy atom. The number of benzene rings is 1. The Morgan fingerprint density at radius 3 is 2.65 bits per heavy atom. The van der Waals surface area contributed by atoms with Gasteiger partial charge in [-0.1, -0.05) is 23.7 Å². The Kier molecular flexibility index (Phi) is 3.66. The van der Waals surface area contributed by atoms with Gasteiger partial charge in [-0.2, -0.15) is 0 Å². The highest BCUT2D eigenvalue weighted by molar-refractivity contribution is 7.71. The van der Waals surface area contributed by atoms with Crippen LogP contribution >= 0.6 is 23.8 Å². The van der Waals surface area contributed by atoms with Crippen molar-refractivity contribution in [3.8, 4) is 0 Å². The molecule has 5 heteroatoms. The van der Waals surface area contributed by atoms with E-state index in [0.29, 0.717) is 9.79 Å². The number of H-pyrrole nitrogens is 1. The van der Waals surface area contributed by atoms with Gasteiger partial charge in [0.25, 0.3) is 0 Å². The highest BCUT2D eigenvalue weighted by Gasteiger charge is 2.12. The molecule has 2 aromatic rings. The van der Waals surface area contributed by atoms with Gasteiger partial charge in [0.15, 0.2) is 4.77 Å².